The molecule has 0 saturated carbocycles. The van der Waals surface area contributed by atoms with E-state index < -0.39 is 17.7 Å². The highest BCUT2D eigenvalue weighted by atomic mass is 35.5. The number of aromatic nitrogens is 1. The van der Waals surface area contributed by atoms with Crippen LogP contribution in [0.15, 0.2) is 66.7 Å². The van der Waals surface area contributed by atoms with E-state index in [1.165, 1.54) is 4.68 Å². The van der Waals surface area contributed by atoms with Crippen molar-refractivity contribution in [3.8, 4) is 0 Å². The molecule has 0 spiro atoms. The summed E-state index contributed by atoms with van der Waals surface area (Å²) in [5.41, 5.74) is 7.39. The predicted octanol–water partition coefficient (Wildman–Crippen LogP) is 5.44. The normalized spacial score (nSPS) is 10.7. The van der Waals surface area contributed by atoms with Gasteiger partial charge in [0.2, 0.25) is 0 Å². The predicted molar refractivity (Wildman–Crippen MR) is 140 cm³/mol. The van der Waals surface area contributed by atoms with Gasteiger partial charge in [-0.3, -0.25) is 19.8 Å². The Bertz CT molecular complexity index is 1440. The van der Waals surface area contributed by atoms with E-state index in [-0.39, 0.29) is 5.69 Å². The van der Waals surface area contributed by atoms with Crippen LogP contribution in [0.2, 0.25) is 5.02 Å². The Morgan fingerprint density at radius 1 is 0.857 bits per heavy atom. The minimum absolute atomic E-state index is 0.148. The second-order valence-electron chi connectivity index (χ2n) is 8.29. The topological polar surface area (TPSA) is 92.2 Å². The van der Waals surface area contributed by atoms with Gasteiger partial charge in [-0.1, -0.05) is 48.4 Å². The summed E-state index contributed by atoms with van der Waals surface area (Å²) in [6.07, 6.45) is 0.888. The summed E-state index contributed by atoms with van der Waals surface area (Å²) in [6, 6.07) is 19.6. The van der Waals surface area contributed by atoms with E-state index in [1.807, 2.05) is 50.2 Å². The van der Waals surface area contributed by atoms with Crippen molar-refractivity contribution in [1.82, 2.24) is 4.68 Å². The standard InChI is InChI=1S/C27H25ClN4O3/c1-4-18-6-9-21(10-7-18)29-25(33)24-15-19-14-20(28)8-12-23(19)32(24)31-27(35)26(34)30-22-11-5-16(2)13-17(22)3/h5-15H,4H2,1-3H3,(H,29,33)(H,30,34)(H,31,35). The average molecular weight is 489 g/mol. The lowest BCUT2D eigenvalue weighted by Gasteiger charge is -2.13. The molecular formula is C27H25ClN4O3. The van der Waals surface area contributed by atoms with Crippen molar-refractivity contribution in [2.24, 2.45) is 0 Å². The molecule has 4 rings (SSSR count). The maximum absolute atomic E-state index is 13.1. The zero-order chi connectivity index (χ0) is 25.1. The molecule has 4 aromatic rings. The van der Waals surface area contributed by atoms with Crippen LogP contribution >= 0.6 is 11.6 Å². The Morgan fingerprint density at radius 2 is 1.60 bits per heavy atom. The first-order chi connectivity index (χ1) is 16.7. The molecular weight excluding hydrogens is 464 g/mol. The smallest absolute Gasteiger partial charge is 0.321 e. The van der Waals surface area contributed by atoms with E-state index in [1.54, 1.807) is 30.3 Å². The molecule has 8 heteroatoms. The van der Waals surface area contributed by atoms with Crippen LogP contribution in [0.5, 0.6) is 0 Å². The molecule has 1 aromatic heterocycles. The van der Waals surface area contributed by atoms with Crippen LogP contribution in [0, 0.1) is 13.8 Å². The van der Waals surface area contributed by atoms with Gasteiger partial charge in [0.25, 0.3) is 5.91 Å². The third kappa shape index (κ3) is 5.36. The molecule has 3 amide bonds. The summed E-state index contributed by atoms with van der Waals surface area (Å²) >= 11 is 6.13. The Labute approximate surface area is 208 Å². The number of hydrogen-bond acceptors (Lipinski definition) is 3. The maximum Gasteiger partial charge on any atom is 0.328 e. The Hall–Kier alpha value is -4.10. The summed E-state index contributed by atoms with van der Waals surface area (Å²) in [5, 5.41) is 6.58. The fourth-order valence-electron chi connectivity index (χ4n) is 3.78. The first kappa shape index (κ1) is 24.0. The number of nitrogens with one attached hydrogen (secondary N) is 3. The summed E-state index contributed by atoms with van der Waals surface area (Å²) in [5.74, 6) is -2.22. The number of benzene rings is 3. The first-order valence-electron chi connectivity index (χ1n) is 11.2. The van der Waals surface area contributed by atoms with Crippen molar-refractivity contribution < 1.29 is 14.4 Å². The molecule has 0 aliphatic carbocycles. The molecule has 35 heavy (non-hydrogen) atoms. The highest BCUT2D eigenvalue weighted by molar-refractivity contribution is 6.42. The van der Waals surface area contributed by atoms with Gasteiger partial charge in [0, 0.05) is 21.8 Å². The van der Waals surface area contributed by atoms with Crippen molar-refractivity contribution in [3.05, 3.63) is 94.1 Å². The van der Waals surface area contributed by atoms with Crippen LogP contribution in [0.1, 0.15) is 34.1 Å². The van der Waals surface area contributed by atoms with E-state index in [2.05, 4.69) is 23.0 Å². The van der Waals surface area contributed by atoms with Gasteiger partial charge in [-0.25, -0.2) is 4.68 Å². The number of fused-ring (bicyclic) bond motifs is 1. The first-order valence-corrected chi connectivity index (χ1v) is 11.5. The van der Waals surface area contributed by atoms with Crippen LogP contribution in [-0.2, 0) is 16.0 Å². The fourth-order valence-corrected chi connectivity index (χ4v) is 3.96. The quantitative estimate of drug-likeness (QED) is 0.327. The lowest BCUT2D eigenvalue weighted by Crippen LogP contribution is -2.36. The zero-order valence-electron chi connectivity index (χ0n) is 19.6. The summed E-state index contributed by atoms with van der Waals surface area (Å²) in [4.78, 5) is 38.6. The second-order valence-corrected chi connectivity index (χ2v) is 8.72. The molecule has 0 atom stereocenters. The van der Waals surface area contributed by atoms with Crippen LogP contribution in [0.4, 0.5) is 11.4 Å². The van der Waals surface area contributed by atoms with Crippen LogP contribution in [0.3, 0.4) is 0 Å². The number of amides is 3. The van der Waals surface area contributed by atoms with E-state index >= 15 is 0 Å². The largest absolute Gasteiger partial charge is 0.328 e. The van der Waals surface area contributed by atoms with E-state index in [4.69, 9.17) is 11.6 Å². The number of rotatable bonds is 5. The number of carbonyl (C=O) groups excluding carboxylic acids is 3. The van der Waals surface area contributed by atoms with Crippen molar-refractivity contribution in [1.29, 1.82) is 0 Å². The minimum Gasteiger partial charge on any atom is -0.321 e. The van der Waals surface area contributed by atoms with Gasteiger partial charge in [-0.05, 0) is 73.9 Å². The molecule has 0 saturated heterocycles. The van der Waals surface area contributed by atoms with E-state index in [0.29, 0.717) is 27.3 Å². The van der Waals surface area contributed by atoms with E-state index in [0.717, 1.165) is 23.1 Å². The Balaban J connectivity index is 1.61. The van der Waals surface area contributed by atoms with Crippen LogP contribution in [-0.4, -0.2) is 22.4 Å². The van der Waals surface area contributed by atoms with Gasteiger partial charge < -0.3 is 10.6 Å². The summed E-state index contributed by atoms with van der Waals surface area (Å²) < 4.78 is 1.30. The number of halogens is 1. The minimum atomic E-state index is -0.918. The molecule has 0 radical (unpaired) electrons. The van der Waals surface area contributed by atoms with Crippen LogP contribution in [0.25, 0.3) is 10.9 Å². The SMILES string of the molecule is CCc1ccc(NC(=O)c2cc3cc(Cl)ccc3n2NC(=O)C(=O)Nc2ccc(C)cc2C)cc1. The van der Waals surface area contributed by atoms with Gasteiger partial charge >= 0.3 is 11.8 Å². The van der Waals surface area contributed by atoms with Gasteiger partial charge in [0.15, 0.2) is 0 Å². The van der Waals surface area contributed by atoms with Gasteiger partial charge in [-0.2, -0.15) is 0 Å². The Kier molecular flexibility index (Phi) is 6.89. The highest BCUT2D eigenvalue weighted by Crippen LogP contribution is 2.24. The van der Waals surface area contributed by atoms with Gasteiger partial charge in [0.05, 0.1) is 5.52 Å². The molecule has 1 heterocycles. The van der Waals surface area contributed by atoms with Crippen molar-refractivity contribution in [3.63, 3.8) is 0 Å². The van der Waals surface area contributed by atoms with Crippen molar-refractivity contribution >= 4 is 51.6 Å². The fraction of sp³-hybridized carbons (Fsp3) is 0.148. The number of anilines is 2. The summed E-state index contributed by atoms with van der Waals surface area (Å²) in [7, 11) is 0. The third-order valence-corrected chi connectivity index (χ3v) is 5.90. The van der Waals surface area contributed by atoms with Crippen molar-refractivity contribution in [2.45, 2.75) is 27.2 Å². The van der Waals surface area contributed by atoms with Gasteiger partial charge in [-0.15, -0.1) is 0 Å². The summed E-state index contributed by atoms with van der Waals surface area (Å²) in [6.45, 7) is 5.84. The molecule has 7 nitrogen and oxygen atoms in total. The molecule has 0 unspecified atom stereocenters. The number of carbonyl (C=O) groups is 3. The molecule has 3 aromatic carbocycles. The molecule has 3 N–H and O–H groups in total. The average Bonchev–Trinajstić information content (AvgIpc) is 3.18. The third-order valence-electron chi connectivity index (χ3n) is 5.67. The molecule has 0 aliphatic rings. The number of nitrogens with zero attached hydrogens (tertiary/aromatic N) is 1. The maximum atomic E-state index is 13.1. The molecule has 178 valence electrons. The lowest BCUT2D eigenvalue weighted by atomic mass is 10.1. The molecule has 0 aliphatic heterocycles. The van der Waals surface area contributed by atoms with Crippen molar-refractivity contribution in [2.75, 3.05) is 16.1 Å². The second kappa shape index (κ2) is 10.0. The molecule has 0 bridgehead atoms. The highest BCUT2D eigenvalue weighted by Gasteiger charge is 2.21. The monoisotopic (exact) mass is 488 g/mol. The lowest BCUT2D eigenvalue weighted by molar-refractivity contribution is -0.133. The number of aryl methyl sites for hydroxylation is 3. The molecule has 0 fully saturated rings. The van der Waals surface area contributed by atoms with Crippen LogP contribution < -0.4 is 16.1 Å². The Morgan fingerprint density at radius 3 is 2.29 bits per heavy atom. The van der Waals surface area contributed by atoms with E-state index in [9.17, 15) is 14.4 Å². The number of hydrogen-bond donors (Lipinski definition) is 3. The zero-order valence-corrected chi connectivity index (χ0v) is 20.4. The van der Waals surface area contributed by atoms with Gasteiger partial charge in [0.1, 0.15) is 5.69 Å².